The van der Waals surface area contributed by atoms with Crippen molar-refractivity contribution in [1.82, 2.24) is 4.90 Å². The van der Waals surface area contributed by atoms with E-state index < -0.39 is 0 Å². The first-order chi connectivity index (χ1) is 19.6. The molecule has 0 aliphatic heterocycles. The first-order valence-corrected chi connectivity index (χ1v) is 14.3. The number of hydrogen-bond donors (Lipinski definition) is 0. The Morgan fingerprint density at radius 1 is 0.725 bits per heavy atom. The van der Waals surface area contributed by atoms with E-state index in [-0.39, 0.29) is 17.9 Å². The Bertz CT molecular complexity index is 1420. The average molecular weight is 532 g/mol. The highest BCUT2D eigenvalue weighted by molar-refractivity contribution is 5.91. The third-order valence-electron chi connectivity index (χ3n) is 8.03. The van der Waals surface area contributed by atoms with E-state index in [1.165, 1.54) is 19.1 Å². The van der Waals surface area contributed by atoms with Crippen LogP contribution in [-0.2, 0) is 28.9 Å². The van der Waals surface area contributed by atoms with Crippen LogP contribution >= 0.6 is 0 Å². The van der Waals surface area contributed by atoms with Gasteiger partial charge in [-0.3, -0.25) is 4.79 Å². The number of carbonyl (C=O) groups excluding carboxylic acids is 2. The van der Waals surface area contributed by atoms with E-state index in [4.69, 9.17) is 4.74 Å². The smallest absolute Gasteiger partial charge is 0.337 e. The van der Waals surface area contributed by atoms with Crippen LogP contribution in [0.25, 0.3) is 11.1 Å². The zero-order valence-corrected chi connectivity index (χ0v) is 23.2. The Labute approximate surface area is 237 Å². The van der Waals surface area contributed by atoms with Gasteiger partial charge in [-0.2, -0.15) is 0 Å². The number of esters is 1. The highest BCUT2D eigenvalue weighted by atomic mass is 16.5. The quantitative estimate of drug-likeness (QED) is 0.210. The van der Waals surface area contributed by atoms with Gasteiger partial charge in [0.1, 0.15) is 0 Å². The lowest BCUT2D eigenvalue weighted by molar-refractivity contribution is -0.135. The van der Waals surface area contributed by atoms with Crippen LogP contribution in [0, 0.1) is 5.92 Å². The second-order valence-electron chi connectivity index (χ2n) is 10.8. The summed E-state index contributed by atoms with van der Waals surface area (Å²) in [6.07, 6.45) is 5.89. The molecule has 4 heteroatoms. The molecular formula is C36H37NO3. The van der Waals surface area contributed by atoms with Gasteiger partial charge in [-0.05, 0) is 65.1 Å². The van der Waals surface area contributed by atoms with Crippen molar-refractivity contribution in [3.8, 4) is 11.1 Å². The molecule has 2 atom stereocenters. The van der Waals surface area contributed by atoms with Gasteiger partial charge in [0.05, 0.1) is 19.1 Å². The van der Waals surface area contributed by atoms with Crippen molar-refractivity contribution in [1.29, 1.82) is 0 Å². The van der Waals surface area contributed by atoms with Crippen molar-refractivity contribution in [3.05, 3.63) is 131 Å². The first-order valence-electron chi connectivity index (χ1n) is 14.3. The fourth-order valence-corrected chi connectivity index (χ4v) is 6.00. The Morgan fingerprint density at radius 3 is 2.08 bits per heavy atom. The van der Waals surface area contributed by atoms with Crippen molar-refractivity contribution >= 4 is 11.9 Å². The monoisotopic (exact) mass is 531 g/mol. The minimum absolute atomic E-state index is 0.161. The fraction of sp³-hybridized carbons (Fsp3) is 0.278. The van der Waals surface area contributed by atoms with E-state index in [1.54, 1.807) is 6.07 Å². The molecule has 4 nitrogen and oxygen atoms in total. The van der Waals surface area contributed by atoms with Gasteiger partial charge in [-0.15, -0.1) is 0 Å². The molecule has 204 valence electrons. The molecule has 5 rings (SSSR count). The van der Waals surface area contributed by atoms with Gasteiger partial charge in [-0.25, -0.2) is 4.79 Å². The summed E-state index contributed by atoms with van der Waals surface area (Å²) in [5.41, 5.74) is 5.89. The highest BCUT2D eigenvalue weighted by Gasteiger charge is 2.33. The molecule has 0 aromatic heterocycles. The van der Waals surface area contributed by atoms with Crippen molar-refractivity contribution in [2.75, 3.05) is 7.11 Å². The minimum Gasteiger partial charge on any atom is -0.465 e. The summed E-state index contributed by atoms with van der Waals surface area (Å²) in [6, 6.07) is 36.8. The summed E-state index contributed by atoms with van der Waals surface area (Å²) in [5, 5.41) is 0. The molecule has 2 unspecified atom stereocenters. The lowest BCUT2D eigenvalue weighted by Gasteiger charge is -2.40. The summed E-state index contributed by atoms with van der Waals surface area (Å²) >= 11 is 0. The van der Waals surface area contributed by atoms with Crippen LogP contribution in [0.3, 0.4) is 0 Å². The Balaban J connectivity index is 1.40. The van der Waals surface area contributed by atoms with E-state index in [9.17, 15) is 9.59 Å². The van der Waals surface area contributed by atoms with Gasteiger partial charge in [-0.1, -0.05) is 110 Å². The zero-order chi connectivity index (χ0) is 27.7. The maximum absolute atomic E-state index is 14.1. The minimum atomic E-state index is -0.359. The van der Waals surface area contributed by atoms with Crippen LogP contribution in [-0.4, -0.2) is 29.9 Å². The lowest BCUT2D eigenvalue weighted by atomic mass is 9.79. The topological polar surface area (TPSA) is 46.6 Å². The number of amides is 1. The number of ether oxygens (including phenoxy) is 1. The van der Waals surface area contributed by atoms with E-state index >= 15 is 0 Å². The maximum atomic E-state index is 14.1. The van der Waals surface area contributed by atoms with E-state index in [0.29, 0.717) is 24.4 Å². The molecule has 0 bridgehead atoms. The van der Waals surface area contributed by atoms with Crippen molar-refractivity contribution in [3.63, 3.8) is 0 Å². The zero-order valence-electron chi connectivity index (χ0n) is 23.2. The van der Waals surface area contributed by atoms with Gasteiger partial charge >= 0.3 is 5.97 Å². The predicted molar refractivity (Wildman–Crippen MR) is 160 cm³/mol. The van der Waals surface area contributed by atoms with Crippen LogP contribution in [0.15, 0.2) is 109 Å². The van der Waals surface area contributed by atoms with Crippen LogP contribution in [0.5, 0.6) is 0 Å². The fourth-order valence-electron chi connectivity index (χ4n) is 6.00. The Hall–Kier alpha value is -4.18. The second-order valence-corrected chi connectivity index (χ2v) is 10.8. The van der Waals surface area contributed by atoms with Crippen molar-refractivity contribution in [2.24, 2.45) is 5.92 Å². The van der Waals surface area contributed by atoms with Crippen LogP contribution in [0.2, 0.25) is 0 Å². The molecule has 0 saturated heterocycles. The molecule has 4 aromatic rings. The molecule has 1 fully saturated rings. The summed E-state index contributed by atoms with van der Waals surface area (Å²) in [6.45, 7) is 0.622. The molecular weight excluding hydrogens is 494 g/mol. The third-order valence-corrected chi connectivity index (χ3v) is 8.03. The molecule has 1 saturated carbocycles. The van der Waals surface area contributed by atoms with E-state index in [2.05, 4.69) is 53.4 Å². The Kier molecular flexibility index (Phi) is 9.07. The summed E-state index contributed by atoms with van der Waals surface area (Å²) < 4.78 is 4.89. The van der Waals surface area contributed by atoms with Gasteiger partial charge in [0.25, 0.3) is 0 Å². The normalized spacial score (nSPS) is 16.7. The number of carbonyl (C=O) groups is 2. The summed E-state index contributed by atoms with van der Waals surface area (Å²) in [4.78, 5) is 28.3. The molecule has 40 heavy (non-hydrogen) atoms. The van der Waals surface area contributed by atoms with Crippen LogP contribution in [0.1, 0.15) is 52.7 Å². The molecule has 0 radical (unpaired) electrons. The number of hydrogen-bond acceptors (Lipinski definition) is 3. The maximum Gasteiger partial charge on any atom is 0.337 e. The SMILES string of the molecule is COC(=O)c1cccc(-c2cccc(CC(=O)N(Cc3ccccc3)C3CCCCC3Cc3ccccc3)c2)c1. The highest BCUT2D eigenvalue weighted by Crippen LogP contribution is 2.33. The van der Waals surface area contributed by atoms with Crippen molar-refractivity contribution in [2.45, 2.75) is 51.1 Å². The lowest BCUT2D eigenvalue weighted by Crippen LogP contribution is -2.46. The molecule has 4 aromatic carbocycles. The van der Waals surface area contributed by atoms with Gasteiger partial charge in [0.15, 0.2) is 0 Å². The molecule has 0 heterocycles. The molecule has 0 spiro atoms. The summed E-state index contributed by atoms with van der Waals surface area (Å²) in [5.74, 6) is 0.243. The molecule has 1 amide bonds. The third kappa shape index (κ3) is 6.87. The summed E-state index contributed by atoms with van der Waals surface area (Å²) in [7, 11) is 1.39. The van der Waals surface area contributed by atoms with E-state index in [1.807, 2.05) is 54.6 Å². The van der Waals surface area contributed by atoms with Crippen LogP contribution in [0.4, 0.5) is 0 Å². The average Bonchev–Trinajstić information content (AvgIpc) is 3.01. The Morgan fingerprint density at radius 2 is 1.35 bits per heavy atom. The second kappa shape index (κ2) is 13.3. The van der Waals surface area contributed by atoms with Crippen molar-refractivity contribution < 1.29 is 14.3 Å². The molecule has 1 aliphatic carbocycles. The van der Waals surface area contributed by atoms with Gasteiger partial charge in [0.2, 0.25) is 5.91 Å². The molecule has 0 N–H and O–H groups in total. The van der Waals surface area contributed by atoms with Gasteiger partial charge in [0, 0.05) is 12.6 Å². The van der Waals surface area contributed by atoms with Gasteiger partial charge < -0.3 is 9.64 Å². The number of nitrogens with zero attached hydrogens (tertiary/aromatic N) is 1. The number of methoxy groups -OCH3 is 1. The number of benzene rings is 4. The first kappa shape index (κ1) is 27.4. The van der Waals surface area contributed by atoms with E-state index in [0.717, 1.165) is 47.9 Å². The molecule has 1 aliphatic rings. The van der Waals surface area contributed by atoms with Crippen LogP contribution < -0.4 is 0 Å². The standard InChI is InChI=1S/C36H37NO3/c1-40-36(39)33-20-11-19-31(25-33)30-18-10-16-29(23-30)24-35(38)37(26-28-14-6-3-7-15-28)34-21-9-8-17-32(34)22-27-12-4-2-5-13-27/h2-7,10-16,18-20,23,25,32,34H,8-9,17,21-22,24,26H2,1H3. The largest absolute Gasteiger partial charge is 0.465 e. The predicted octanol–water partition coefficient (Wildman–Crippen LogP) is 7.51. The number of rotatable bonds is 9.